The van der Waals surface area contributed by atoms with Crippen molar-refractivity contribution in [3.8, 4) is 11.5 Å². The molecule has 3 heterocycles. The van der Waals surface area contributed by atoms with Gasteiger partial charge in [0.05, 0.1) is 12.1 Å². The molecule has 172 valence electrons. The zero-order valence-electron chi connectivity index (χ0n) is 18.9. The predicted octanol–water partition coefficient (Wildman–Crippen LogP) is 4.67. The van der Waals surface area contributed by atoms with E-state index < -0.39 is 0 Å². The van der Waals surface area contributed by atoms with Crippen molar-refractivity contribution in [2.45, 2.75) is 26.9 Å². The summed E-state index contributed by atoms with van der Waals surface area (Å²) >= 11 is 5.80. The summed E-state index contributed by atoms with van der Waals surface area (Å²) in [5.41, 5.74) is 5.34. The van der Waals surface area contributed by atoms with Crippen LogP contribution in [0.3, 0.4) is 0 Å². The Morgan fingerprint density at radius 3 is 2.71 bits per heavy atom. The van der Waals surface area contributed by atoms with Crippen molar-refractivity contribution in [2.24, 2.45) is 0 Å². The number of thiocarbonyl (C=S) groups is 1. The number of aromatic amines is 1. The molecular formula is C26H24N4O3S. The standard InChI is InChI=1S/C26H24N4O3S/c1-16-5-6-21(17(2)8-16)29-26(34)30(13-18-4-3-7-27-12-18)14-20-9-19-10-23-24(33-15-32-23)11-22(19)28-25(20)31/h3-12H,13-15H2,1-2H3,(H,28,31)(H,29,34). The molecule has 0 unspecified atom stereocenters. The average Bonchev–Trinajstić information content (AvgIpc) is 3.27. The van der Waals surface area contributed by atoms with E-state index in [1.165, 1.54) is 5.56 Å². The van der Waals surface area contributed by atoms with Gasteiger partial charge in [0, 0.05) is 41.6 Å². The summed E-state index contributed by atoms with van der Waals surface area (Å²) in [4.78, 5) is 22.1. The van der Waals surface area contributed by atoms with Crippen molar-refractivity contribution in [3.63, 3.8) is 0 Å². The number of benzene rings is 2. The van der Waals surface area contributed by atoms with Crippen molar-refractivity contribution < 1.29 is 9.47 Å². The molecule has 2 N–H and O–H groups in total. The molecule has 0 amide bonds. The summed E-state index contributed by atoms with van der Waals surface area (Å²) < 4.78 is 10.9. The fraction of sp³-hybridized carbons (Fsp3) is 0.192. The van der Waals surface area contributed by atoms with Crippen LogP contribution in [0.1, 0.15) is 22.3 Å². The third-order valence-corrected chi connectivity index (χ3v) is 6.14. The maximum absolute atomic E-state index is 13.0. The Morgan fingerprint density at radius 2 is 1.94 bits per heavy atom. The predicted molar refractivity (Wildman–Crippen MR) is 136 cm³/mol. The highest BCUT2D eigenvalue weighted by molar-refractivity contribution is 7.80. The van der Waals surface area contributed by atoms with Crippen LogP contribution >= 0.6 is 12.2 Å². The van der Waals surface area contributed by atoms with Gasteiger partial charge in [-0.3, -0.25) is 9.78 Å². The fourth-order valence-electron chi connectivity index (χ4n) is 4.02. The summed E-state index contributed by atoms with van der Waals surface area (Å²) in [5.74, 6) is 1.30. The molecule has 7 nitrogen and oxygen atoms in total. The van der Waals surface area contributed by atoms with Crippen molar-refractivity contribution in [2.75, 3.05) is 12.1 Å². The lowest BCUT2D eigenvalue weighted by Gasteiger charge is -2.26. The van der Waals surface area contributed by atoms with Crippen LogP contribution in [-0.4, -0.2) is 26.8 Å². The lowest BCUT2D eigenvalue weighted by atomic mass is 10.1. The first kappa shape index (κ1) is 21.9. The van der Waals surface area contributed by atoms with E-state index in [4.69, 9.17) is 21.7 Å². The number of nitrogens with one attached hydrogen (secondary N) is 2. The van der Waals surface area contributed by atoms with Crippen LogP contribution in [0.4, 0.5) is 5.69 Å². The van der Waals surface area contributed by atoms with E-state index >= 15 is 0 Å². The maximum atomic E-state index is 13.0. The van der Waals surface area contributed by atoms with Crippen LogP contribution in [0, 0.1) is 13.8 Å². The highest BCUT2D eigenvalue weighted by Crippen LogP contribution is 2.35. The number of aryl methyl sites for hydroxylation is 2. The monoisotopic (exact) mass is 472 g/mol. The number of hydrogen-bond donors (Lipinski definition) is 2. The maximum Gasteiger partial charge on any atom is 0.253 e. The number of pyridine rings is 2. The molecule has 5 rings (SSSR count). The Hall–Kier alpha value is -3.91. The van der Waals surface area contributed by atoms with Crippen molar-refractivity contribution in [1.82, 2.24) is 14.9 Å². The molecule has 0 atom stereocenters. The van der Waals surface area contributed by atoms with E-state index in [1.54, 1.807) is 18.5 Å². The second kappa shape index (κ2) is 9.15. The molecule has 1 aliphatic heterocycles. The molecule has 0 saturated carbocycles. The minimum atomic E-state index is -0.170. The Balaban J connectivity index is 1.47. The first-order valence-electron chi connectivity index (χ1n) is 10.9. The highest BCUT2D eigenvalue weighted by Gasteiger charge is 2.18. The molecular weight excluding hydrogens is 448 g/mol. The Labute approximate surface area is 202 Å². The van der Waals surface area contributed by atoms with Gasteiger partial charge in [0.15, 0.2) is 16.6 Å². The molecule has 34 heavy (non-hydrogen) atoms. The largest absolute Gasteiger partial charge is 0.454 e. The number of ether oxygens (including phenoxy) is 2. The fourth-order valence-corrected chi connectivity index (χ4v) is 4.26. The number of anilines is 1. The van der Waals surface area contributed by atoms with Crippen LogP contribution < -0.4 is 20.3 Å². The van der Waals surface area contributed by atoms with Crippen LogP contribution in [0.2, 0.25) is 0 Å². The first-order valence-corrected chi connectivity index (χ1v) is 11.3. The second-order valence-corrected chi connectivity index (χ2v) is 8.77. The van der Waals surface area contributed by atoms with E-state index in [0.29, 0.717) is 40.8 Å². The Bertz CT molecular complexity index is 1440. The number of hydrogen-bond acceptors (Lipinski definition) is 5. The van der Waals surface area contributed by atoms with E-state index in [2.05, 4.69) is 28.3 Å². The molecule has 0 radical (unpaired) electrons. The normalized spacial score (nSPS) is 12.1. The van der Waals surface area contributed by atoms with Gasteiger partial charge in [0.1, 0.15) is 0 Å². The van der Waals surface area contributed by atoms with Crippen LogP contribution in [0.15, 0.2) is 65.7 Å². The van der Waals surface area contributed by atoms with Crippen LogP contribution in [-0.2, 0) is 13.1 Å². The van der Waals surface area contributed by atoms with Gasteiger partial charge in [-0.25, -0.2) is 0 Å². The van der Waals surface area contributed by atoms with Crippen molar-refractivity contribution >= 4 is 33.9 Å². The minimum absolute atomic E-state index is 0.170. The average molecular weight is 473 g/mol. The second-order valence-electron chi connectivity index (χ2n) is 8.38. The lowest BCUT2D eigenvalue weighted by Crippen LogP contribution is -2.35. The van der Waals surface area contributed by atoms with E-state index in [-0.39, 0.29) is 12.4 Å². The van der Waals surface area contributed by atoms with Crippen molar-refractivity contribution in [1.29, 1.82) is 0 Å². The lowest BCUT2D eigenvalue weighted by molar-refractivity contribution is 0.174. The van der Waals surface area contributed by atoms with E-state index in [0.717, 1.165) is 22.2 Å². The minimum Gasteiger partial charge on any atom is -0.454 e. The van der Waals surface area contributed by atoms with Gasteiger partial charge in [-0.15, -0.1) is 0 Å². The molecule has 2 aromatic carbocycles. The molecule has 0 spiro atoms. The molecule has 0 saturated heterocycles. The molecule has 1 aliphatic rings. The molecule has 0 fully saturated rings. The van der Waals surface area contributed by atoms with Gasteiger partial charge in [0.25, 0.3) is 5.56 Å². The molecule has 2 aromatic heterocycles. The highest BCUT2D eigenvalue weighted by atomic mass is 32.1. The SMILES string of the molecule is Cc1ccc(NC(=S)N(Cc2cccnc2)Cc2cc3cc4c(cc3[nH]c2=O)OCO4)c(C)c1. The van der Waals surface area contributed by atoms with Gasteiger partial charge in [-0.1, -0.05) is 23.8 Å². The topological polar surface area (TPSA) is 79.5 Å². The zero-order chi connectivity index (χ0) is 23.7. The van der Waals surface area contributed by atoms with Crippen molar-refractivity contribution in [3.05, 3.63) is 93.5 Å². The van der Waals surface area contributed by atoms with E-state index in [9.17, 15) is 4.79 Å². The zero-order valence-corrected chi connectivity index (χ0v) is 19.7. The Kier molecular flexibility index (Phi) is 5.90. The van der Waals surface area contributed by atoms with E-state index in [1.807, 2.05) is 48.2 Å². The summed E-state index contributed by atoms with van der Waals surface area (Å²) in [5, 5.41) is 4.75. The van der Waals surface area contributed by atoms with Crippen LogP contribution in [0.5, 0.6) is 11.5 Å². The van der Waals surface area contributed by atoms with Gasteiger partial charge >= 0.3 is 0 Å². The summed E-state index contributed by atoms with van der Waals surface area (Å²) in [6, 6.07) is 15.6. The van der Waals surface area contributed by atoms with Gasteiger partial charge < -0.3 is 24.7 Å². The van der Waals surface area contributed by atoms with Crippen LogP contribution in [0.25, 0.3) is 10.9 Å². The number of nitrogens with zero attached hydrogens (tertiary/aromatic N) is 2. The number of fused-ring (bicyclic) bond motifs is 2. The van der Waals surface area contributed by atoms with Gasteiger partial charge in [-0.2, -0.15) is 0 Å². The van der Waals surface area contributed by atoms with Gasteiger partial charge in [0.2, 0.25) is 6.79 Å². The molecule has 8 heteroatoms. The number of aromatic nitrogens is 2. The summed E-state index contributed by atoms with van der Waals surface area (Å²) in [7, 11) is 0. The first-order chi connectivity index (χ1) is 16.5. The molecule has 4 aromatic rings. The smallest absolute Gasteiger partial charge is 0.253 e. The summed E-state index contributed by atoms with van der Waals surface area (Å²) in [6.07, 6.45) is 3.54. The van der Waals surface area contributed by atoms with Gasteiger partial charge in [-0.05, 0) is 61.5 Å². The molecule has 0 aliphatic carbocycles. The quantitative estimate of drug-likeness (QED) is 0.409. The third kappa shape index (κ3) is 4.58. The molecule has 0 bridgehead atoms. The number of H-pyrrole nitrogens is 1. The summed E-state index contributed by atoms with van der Waals surface area (Å²) in [6.45, 7) is 5.11. The number of rotatable bonds is 5. The Morgan fingerprint density at radius 1 is 1.12 bits per heavy atom. The third-order valence-electron chi connectivity index (χ3n) is 5.78.